The third kappa shape index (κ3) is 4.03. The van der Waals surface area contributed by atoms with Crippen molar-refractivity contribution in [2.75, 3.05) is 6.61 Å². The minimum absolute atomic E-state index is 0.0360. The number of carbonyl (C=O) groups excluding carboxylic acids is 1. The van der Waals surface area contributed by atoms with E-state index >= 15 is 0 Å². The van der Waals surface area contributed by atoms with E-state index in [0.717, 1.165) is 17.4 Å². The number of hydrogen-bond donors (Lipinski definition) is 1. The second kappa shape index (κ2) is 9.04. The van der Waals surface area contributed by atoms with Crippen molar-refractivity contribution < 1.29 is 14.6 Å². The van der Waals surface area contributed by atoms with Gasteiger partial charge in [-0.15, -0.1) is 0 Å². The second-order valence-electron chi connectivity index (χ2n) is 6.29. The minimum Gasteiger partial charge on any atom is -0.494 e. The second-order valence-corrected chi connectivity index (χ2v) is 6.29. The largest absolute Gasteiger partial charge is 0.494 e. The van der Waals surface area contributed by atoms with Crippen LogP contribution in [0.5, 0.6) is 11.6 Å². The van der Waals surface area contributed by atoms with Gasteiger partial charge in [-0.1, -0.05) is 32.4 Å². The zero-order valence-corrected chi connectivity index (χ0v) is 15.9. The minimum atomic E-state index is -0.585. The summed E-state index contributed by atoms with van der Waals surface area (Å²) in [7, 11) is 0. The Morgan fingerprint density at radius 3 is 2.59 bits per heavy atom. The zero-order chi connectivity index (χ0) is 20.0. The third-order valence-corrected chi connectivity index (χ3v) is 4.36. The van der Waals surface area contributed by atoms with Crippen LogP contribution in [0.25, 0.3) is 0 Å². The van der Waals surface area contributed by atoms with Gasteiger partial charge in [-0.05, 0) is 37.5 Å². The fourth-order valence-corrected chi connectivity index (χ4v) is 2.89. The highest BCUT2D eigenvalue weighted by atomic mass is 16.5. The number of benzene rings is 1. The highest BCUT2D eigenvalue weighted by molar-refractivity contribution is 6.13. The van der Waals surface area contributed by atoms with Gasteiger partial charge in [0, 0.05) is 6.54 Å². The molecule has 0 aliphatic rings. The van der Waals surface area contributed by atoms with Crippen molar-refractivity contribution >= 4 is 5.78 Å². The number of hydrogen-bond acceptors (Lipinski definition) is 5. The molecule has 142 valence electrons. The van der Waals surface area contributed by atoms with Gasteiger partial charge in [-0.2, -0.15) is 5.26 Å². The van der Waals surface area contributed by atoms with Crippen molar-refractivity contribution in [3.05, 3.63) is 56.9 Å². The number of nitriles is 1. The maximum absolute atomic E-state index is 13.2. The number of aromatic hydroxyl groups is 1. The molecule has 2 aromatic rings. The Hall–Kier alpha value is -3.07. The number of rotatable bonds is 8. The molecule has 0 saturated heterocycles. The van der Waals surface area contributed by atoms with Crippen LogP contribution in [0.1, 0.15) is 60.2 Å². The van der Waals surface area contributed by atoms with Gasteiger partial charge in [0.2, 0.25) is 11.7 Å². The molecule has 0 radical (unpaired) electrons. The monoisotopic (exact) mass is 368 g/mol. The summed E-state index contributed by atoms with van der Waals surface area (Å²) in [4.78, 5) is 25.6. The van der Waals surface area contributed by atoms with Crippen LogP contribution in [-0.4, -0.2) is 22.1 Å². The first-order chi connectivity index (χ1) is 13.0. The van der Waals surface area contributed by atoms with Crippen molar-refractivity contribution in [2.45, 2.75) is 46.6 Å². The zero-order valence-electron chi connectivity index (χ0n) is 15.9. The first kappa shape index (κ1) is 20.2. The molecule has 0 aliphatic carbocycles. The Morgan fingerprint density at radius 1 is 1.26 bits per heavy atom. The van der Waals surface area contributed by atoms with E-state index < -0.39 is 17.2 Å². The lowest BCUT2D eigenvalue weighted by Crippen LogP contribution is -2.26. The van der Waals surface area contributed by atoms with Crippen LogP contribution in [-0.2, 0) is 6.54 Å². The Morgan fingerprint density at radius 2 is 1.96 bits per heavy atom. The van der Waals surface area contributed by atoms with E-state index in [0.29, 0.717) is 18.8 Å². The van der Waals surface area contributed by atoms with E-state index in [1.807, 2.05) is 19.9 Å². The molecule has 27 heavy (non-hydrogen) atoms. The van der Waals surface area contributed by atoms with E-state index in [1.165, 1.54) is 6.92 Å². The molecule has 1 aromatic heterocycles. The molecule has 6 nitrogen and oxygen atoms in total. The van der Waals surface area contributed by atoms with Gasteiger partial charge in [0.1, 0.15) is 17.4 Å². The highest BCUT2D eigenvalue weighted by Gasteiger charge is 2.26. The van der Waals surface area contributed by atoms with Crippen molar-refractivity contribution in [2.24, 2.45) is 0 Å². The molecule has 0 aliphatic heterocycles. The number of ketones is 1. The van der Waals surface area contributed by atoms with Gasteiger partial charge in [-0.25, -0.2) is 0 Å². The van der Waals surface area contributed by atoms with E-state index in [-0.39, 0.29) is 28.8 Å². The van der Waals surface area contributed by atoms with Crippen molar-refractivity contribution in [1.82, 2.24) is 4.57 Å². The Kier molecular flexibility index (Phi) is 6.78. The molecule has 2 rings (SSSR count). The predicted octanol–water partition coefficient (Wildman–Crippen LogP) is 3.55. The topological polar surface area (TPSA) is 92.3 Å². The van der Waals surface area contributed by atoms with Crippen LogP contribution >= 0.6 is 0 Å². The van der Waals surface area contributed by atoms with E-state index in [1.54, 1.807) is 24.3 Å². The number of ether oxygens (including phenoxy) is 1. The lowest BCUT2D eigenvalue weighted by Gasteiger charge is -2.16. The average molecular weight is 368 g/mol. The van der Waals surface area contributed by atoms with Crippen molar-refractivity contribution in [1.29, 1.82) is 5.26 Å². The summed E-state index contributed by atoms with van der Waals surface area (Å²) in [5, 5.41) is 20.0. The van der Waals surface area contributed by atoms with E-state index in [2.05, 4.69) is 0 Å². The molecule has 0 spiro atoms. The Balaban J connectivity index is 2.62. The fraction of sp³-hybridized carbons (Fsp3) is 0.381. The first-order valence-corrected chi connectivity index (χ1v) is 9.10. The van der Waals surface area contributed by atoms with Crippen molar-refractivity contribution in [3.63, 3.8) is 0 Å². The summed E-state index contributed by atoms with van der Waals surface area (Å²) < 4.78 is 6.80. The average Bonchev–Trinajstić information content (AvgIpc) is 2.66. The van der Waals surface area contributed by atoms with Crippen LogP contribution in [0, 0.1) is 18.3 Å². The van der Waals surface area contributed by atoms with Gasteiger partial charge in [0.15, 0.2) is 0 Å². The molecule has 0 fully saturated rings. The van der Waals surface area contributed by atoms with Gasteiger partial charge in [0.25, 0.3) is 5.56 Å². The predicted molar refractivity (Wildman–Crippen MR) is 102 cm³/mol. The van der Waals surface area contributed by atoms with Gasteiger partial charge >= 0.3 is 0 Å². The molecular formula is C21H24N2O4. The summed E-state index contributed by atoms with van der Waals surface area (Å²) in [6.07, 6.45) is 2.39. The summed E-state index contributed by atoms with van der Waals surface area (Å²) >= 11 is 0. The first-order valence-electron chi connectivity index (χ1n) is 9.10. The molecular weight excluding hydrogens is 344 g/mol. The maximum atomic E-state index is 13.2. The number of nitrogens with zero attached hydrogens (tertiary/aromatic N) is 2. The maximum Gasteiger partial charge on any atom is 0.271 e. The Bertz CT molecular complexity index is 938. The quantitative estimate of drug-likeness (QED) is 0.568. The summed E-state index contributed by atoms with van der Waals surface area (Å²) in [6.45, 7) is 6.08. The standard InChI is InChI=1S/C21H24N2O4/c1-4-6-12-27-17-10-8-7-9-15(17)19(24)18-14(3)16(13-22)20(25)23(11-5-2)21(18)26/h7-10,26H,4-6,11-12H2,1-3H3. The van der Waals surface area contributed by atoms with Crippen LogP contribution in [0.3, 0.4) is 0 Å². The lowest BCUT2D eigenvalue weighted by molar-refractivity contribution is 0.103. The van der Waals surface area contributed by atoms with Crippen molar-refractivity contribution in [3.8, 4) is 17.7 Å². The van der Waals surface area contributed by atoms with Crippen LogP contribution in [0.4, 0.5) is 0 Å². The Labute approximate surface area is 158 Å². The summed E-state index contributed by atoms with van der Waals surface area (Å²) in [6, 6.07) is 8.65. The van der Waals surface area contributed by atoms with Gasteiger partial charge in [-0.3, -0.25) is 14.2 Å². The molecule has 0 saturated carbocycles. The third-order valence-electron chi connectivity index (χ3n) is 4.36. The van der Waals surface area contributed by atoms with E-state index in [4.69, 9.17) is 4.74 Å². The highest BCUT2D eigenvalue weighted by Crippen LogP contribution is 2.29. The lowest BCUT2D eigenvalue weighted by atomic mass is 9.96. The molecule has 1 aromatic carbocycles. The number of para-hydroxylation sites is 1. The normalized spacial score (nSPS) is 10.4. The van der Waals surface area contributed by atoms with Gasteiger partial charge < -0.3 is 9.84 Å². The van der Waals surface area contributed by atoms with Crippen LogP contribution in [0.15, 0.2) is 29.1 Å². The molecule has 0 atom stereocenters. The van der Waals surface area contributed by atoms with Crippen LogP contribution in [0.2, 0.25) is 0 Å². The molecule has 6 heteroatoms. The van der Waals surface area contributed by atoms with E-state index in [9.17, 15) is 20.0 Å². The van der Waals surface area contributed by atoms with Crippen LogP contribution < -0.4 is 10.3 Å². The number of unbranched alkanes of at least 4 members (excludes halogenated alkanes) is 1. The molecule has 0 amide bonds. The molecule has 1 N–H and O–H groups in total. The number of aromatic nitrogens is 1. The molecule has 0 bridgehead atoms. The summed E-state index contributed by atoms with van der Waals surface area (Å²) in [5.74, 6) is -0.466. The SMILES string of the molecule is CCCCOc1ccccc1C(=O)c1c(C)c(C#N)c(=O)n(CCC)c1O. The molecule has 0 unspecified atom stereocenters. The number of carbonyl (C=O) groups is 1. The fourth-order valence-electron chi connectivity index (χ4n) is 2.89. The molecule has 1 heterocycles. The summed E-state index contributed by atoms with van der Waals surface area (Å²) in [5.41, 5.74) is -0.281. The van der Waals surface area contributed by atoms with Gasteiger partial charge in [0.05, 0.1) is 17.7 Å². The smallest absolute Gasteiger partial charge is 0.271 e. The number of pyridine rings is 1.